The van der Waals surface area contributed by atoms with Gasteiger partial charge in [-0.15, -0.1) is 11.3 Å². The molecule has 4 nitrogen and oxygen atoms in total. The van der Waals surface area contributed by atoms with Crippen LogP contribution < -0.4 is 0 Å². The molecule has 0 amide bonds. The molecular weight excluding hydrogens is 352 g/mol. The van der Waals surface area contributed by atoms with Gasteiger partial charge in [0.15, 0.2) is 0 Å². The molecule has 124 valence electrons. The van der Waals surface area contributed by atoms with Crippen LogP contribution in [-0.2, 0) is 5.75 Å². The topological polar surface area (TPSA) is 74.0 Å². The van der Waals surface area contributed by atoms with E-state index in [-0.39, 0.29) is 0 Å². The lowest BCUT2D eigenvalue weighted by Crippen LogP contribution is -1.95. The number of aryl methyl sites for hydroxylation is 1. The van der Waals surface area contributed by atoms with Gasteiger partial charge in [-0.2, -0.15) is 5.26 Å². The molecule has 0 aliphatic heterocycles. The monoisotopic (exact) mass is 366 g/mol. The highest BCUT2D eigenvalue weighted by Gasteiger charge is 2.14. The van der Waals surface area contributed by atoms with E-state index in [1.807, 2.05) is 43.3 Å². The molecule has 3 aromatic rings. The van der Waals surface area contributed by atoms with Gasteiger partial charge in [-0.25, -0.2) is 9.78 Å². The van der Waals surface area contributed by atoms with Crippen LogP contribution in [0.25, 0.3) is 11.1 Å². The number of carboxylic acids is 1. The number of benzene rings is 1. The number of carbonyl (C=O) groups is 1. The molecule has 0 atom stereocenters. The van der Waals surface area contributed by atoms with E-state index in [9.17, 15) is 10.1 Å². The highest BCUT2D eigenvalue weighted by molar-refractivity contribution is 7.98. The van der Waals surface area contributed by atoms with E-state index in [0.717, 1.165) is 21.7 Å². The zero-order valence-corrected chi connectivity index (χ0v) is 15.0. The van der Waals surface area contributed by atoms with Gasteiger partial charge in [-0.3, -0.25) is 0 Å². The Morgan fingerprint density at radius 2 is 2.04 bits per heavy atom. The Morgan fingerprint density at radius 1 is 1.28 bits per heavy atom. The van der Waals surface area contributed by atoms with E-state index in [0.29, 0.717) is 21.2 Å². The highest BCUT2D eigenvalue weighted by Crippen LogP contribution is 2.33. The second-order valence-corrected chi connectivity index (χ2v) is 7.46. The maximum atomic E-state index is 11.0. The lowest BCUT2D eigenvalue weighted by molar-refractivity contribution is 0.0702. The second kappa shape index (κ2) is 7.51. The molecule has 0 aliphatic carbocycles. The molecule has 0 aliphatic rings. The molecule has 0 bridgehead atoms. The summed E-state index contributed by atoms with van der Waals surface area (Å²) in [5.74, 6) is -0.337. The Kier molecular flexibility index (Phi) is 5.17. The normalized spacial score (nSPS) is 10.4. The minimum atomic E-state index is -0.918. The molecule has 0 saturated carbocycles. The van der Waals surface area contributed by atoms with Crippen molar-refractivity contribution in [1.82, 2.24) is 4.98 Å². The van der Waals surface area contributed by atoms with E-state index in [1.54, 1.807) is 12.1 Å². The highest BCUT2D eigenvalue weighted by atomic mass is 32.2. The van der Waals surface area contributed by atoms with Gasteiger partial charge in [0, 0.05) is 21.9 Å². The first-order valence-electron chi connectivity index (χ1n) is 7.50. The summed E-state index contributed by atoms with van der Waals surface area (Å²) in [6.07, 6.45) is 0. The second-order valence-electron chi connectivity index (χ2n) is 5.33. The molecule has 6 heteroatoms. The van der Waals surface area contributed by atoms with Crippen LogP contribution in [0, 0.1) is 18.3 Å². The van der Waals surface area contributed by atoms with Crippen molar-refractivity contribution in [3.63, 3.8) is 0 Å². The molecule has 0 unspecified atom stereocenters. The number of carboxylic acid groups (broad SMARTS) is 1. The Hall–Kier alpha value is -2.62. The fraction of sp³-hybridized carbons (Fsp3) is 0.105. The molecule has 0 radical (unpaired) electrons. The van der Waals surface area contributed by atoms with Gasteiger partial charge >= 0.3 is 5.97 Å². The first-order chi connectivity index (χ1) is 12.1. The number of hydrogen-bond acceptors (Lipinski definition) is 5. The maximum Gasteiger partial charge on any atom is 0.345 e. The zero-order valence-electron chi connectivity index (χ0n) is 13.4. The molecule has 1 aromatic carbocycles. The van der Waals surface area contributed by atoms with Crippen molar-refractivity contribution < 1.29 is 9.90 Å². The van der Waals surface area contributed by atoms with Crippen molar-refractivity contribution in [3.8, 4) is 17.2 Å². The average Bonchev–Trinajstić information content (AvgIpc) is 3.09. The lowest BCUT2D eigenvalue weighted by Gasteiger charge is -2.10. The number of thiophene rings is 1. The standard InChI is InChI=1S/C19H14N2O2S2/c1-12-9-15(13-5-3-2-4-6-13)16(10-20)18(21-12)24-11-14-7-8-17(25-14)19(22)23/h2-9H,11H2,1H3,(H,22,23). The van der Waals surface area contributed by atoms with Crippen LogP contribution in [0.15, 0.2) is 53.6 Å². The maximum absolute atomic E-state index is 11.0. The predicted molar refractivity (Wildman–Crippen MR) is 100.0 cm³/mol. The van der Waals surface area contributed by atoms with Gasteiger partial charge in [0.25, 0.3) is 0 Å². The Morgan fingerprint density at radius 3 is 2.68 bits per heavy atom. The zero-order chi connectivity index (χ0) is 17.8. The van der Waals surface area contributed by atoms with E-state index < -0.39 is 5.97 Å². The van der Waals surface area contributed by atoms with Crippen molar-refractivity contribution in [2.45, 2.75) is 17.7 Å². The molecule has 0 spiro atoms. The van der Waals surface area contributed by atoms with Crippen molar-refractivity contribution >= 4 is 29.1 Å². The van der Waals surface area contributed by atoms with E-state index in [2.05, 4.69) is 11.1 Å². The Balaban J connectivity index is 1.92. The number of hydrogen-bond donors (Lipinski definition) is 1. The van der Waals surface area contributed by atoms with Crippen LogP contribution in [0.2, 0.25) is 0 Å². The Bertz CT molecular complexity index is 959. The number of aromatic carboxylic acids is 1. The van der Waals surface area contributed by atoms with E-state index in [4.69, 9.17) is 5.11 Å². The minimum Gasteiger partial charge on any atom is -0.477 e. The van der Waals surface area contributed by atoms with Gasteiger partial charge in [-0.05, 0) is 30.7 Å². The molecule has 0 saturated heterocycles. The van der Waals surface area contributed by atoms with Crippen molar-refractivity contribution in [2.24, 2.45) is 0 Å². The molecule has 2 aromatic heterocycles. The SMILES string of the molecule is Cc1cc(-c2ccccc2)c(C#N)c(SCc2ccc(C(=O)O)s2)n1. The summed E-state index contributed by atoms with van der Waals surface area (Å²) in [5.41, 5.74) is 3.25. The van der Waals surface area contributed by atoms with Crippen LogP contribution in [0.5, 0.6) is 0 Å². The summed E-state index contributed by atoms with van der Waals surface area (Å²) < 4.78 is 0. The van der Waals surface area contributed by atoms with Gasteiger partial charge in [0.1, 0.15) is 16.0 Å². The quantitative estimate of drug-likeness (QED) is 0.645. The van der Waals surface area contributed by atoms with Gasteiger partial charge in [-0.1, -0.05) is 42.1 Å². The number of pyridine rings is 1. The van der Waals surface area contributed by atoms with Gasteiger partial charge in [0.2, 0.25) is 0 Å². The van der Waals surface area contributed by atoms with Crippen LogP contribution in [-0.4, -0.2) is 16.1 Å². The molecule has 25 heavy (non-hydrogen) atoms. The summed E-state index contributed by atoms with van der Waals surface area (Å²) in [5, 5.41) is 19.3. The number of aromatic nitrogens is 1. The summed E-state index contributed by atoms with van der Waals surface area (Å²) >= 11 is 2.70. The average molecular weight is 366 g/mol. The van der Waals surface area contributed by atoms with Crippen LogP contribution in [0.4, 0.5) is 0 Å². The summed E-state index contributed by atoms with van der Waals surface area (Å²) in [7, 11) is 0. The van der Waals surface area contributed by atoms with E-state index in [1.165, 1.54) is 23.1 Å². The fourth-order valence-corrected chi connectivity index (χ4v) is 4.35. The van der Waals surface area contributed by atoms with Crippen LogP contribution in [0.1, 0.15) is 25.8 Å². The van der Waals surface area contributed by atoms with Gasteiger partial charge < -0.3 is 5.11 Å². The third kappa shape index (κ3) is 3.90. The molecule has 3 rings (SSSR count). The van der Waals surface area contributed by atoms with Crippen LogP contribution >= 0.6 is 23.1 Å². The van der Waals surface area contributed by atoms with E-state index >= 15 is 0 Å². The number of nitrogens with zero attached hydrogens (tertiary/aromatic N) is 2. The summed E-state index contributed by atoms with van der Waals surface area (Å²) in [4.78, 5) is 16.8. The van der Waals surface area contributed by atoms with Crippen molar-refractivity contribution in [1.29, 1.82) is 5.26 Å². The minimum absolute atomic E-state index is 0.318. The summed E-state index contributed by atoms with van der Waals surface area (Å²) in [6, 6.07) is 17.4. The third-order valence-electron chi connectivity index (χ3n) is 3.53. The predicted octanol–water partition coefficient (Wildman–Crippen LogP) is 4.98. The lowest BCUT2D eigenvalue weighted by atomic mass is 10.0. The molecular formula is C19H14N2O2S2. The fourth-order valence-electron chi connectivity index (χ4n) is 2.41. The first kappa shape index (κ1) is 17.2. The number of nitriles is 1. The molecule has 2 heterocycles. The van der Waals surface area contributed by atoms with Gasteiger partial charge in [0.05, 0.1) is 5.56 Å². The Labute approximate surface area is 153 Å². The van der Waals surface area contributed by atoms with Crippen molar-refractivity contribution in [3.05, 3.63) is 69.5 Å². The summed E-state index contributed by atoms with van der Waals surface area (Å²) in [6.45, 7) is 1.91. The third-order valence-corrected chi connectivity index (χ3v) is 5.81. The number of rotatable bonds is 5. The smallest absolute Gasteiger partial charge is 0.345 e. The first-order valence-corrected chi connectivity index (χ1v) is 9.30. The number of thioether (sulfide) groups is 1. The van der Waals surface area contributed by atoms with Crippen LogP contribution in [0.3, 0.4) is 0 Å². The van der Waals surface area contributed by atoms with Crippen molar-refractivity contribution in [2.75, 3.05) is 0 Å². The largest absolute Gasteiger partial charge is 0.477 e. The molecule has 1 N–H and O–H groups in total. The molecule has 0 fully saturated rings.